The van der Waals surface area contributed by atoms with Crippen LogP contribution in [0.15, 0.2) is 30.5 Å². The molecule has 2 nitrogen and oxygen atoms in total. The van der Waals surface area contributed by atoms with Crippen molar-refractivity contribution in [3.05, 3.63) is 59.2 Å². The molecule has 0 saturated carbocycles. The van der Waals surface area contributed by atoms with Gasteiger partial charge in [-0.05, 0) is 37.6 Å². The third-order valence-electron chi connectivity index (χ3n) is 2.84. The summed E-state index contributed by atoms with van der Waals surface area (Å²) in [6, 6.07) is 4.86. The van der Waals surface area contributed by atoms with E-state index in [0.717, 1.165) is 6.20 Å². The Hall–Kier alpha value is -2.04. The minimum absolute atomic E-state index is 0.196. The molecule has 100 valence electrons. The van der Waals surface area contributed by atoms with Crippen LogP contribution in [0.2, 0.25) is 0 Å². The Bertz CT molecular complexity index is 582. The molecule has 0 spiro atoms. The number of rotatable bonds is 3. The molecule has 0 fully saturated rings. The van der Waals surface area contributed by atoms with Crippen molar-refractivity contribution in [3.8, 4) is 0 Å². The van der Waals surface area contributed by atoms with E-state index in [1.54, 1.807) is 13.8 Å². The molecule has 1 aromatic heterocycles. The normalized spacial score (nSPS) is 12.3. The van der Waals surface area contributed by atoms with E-state index >= 15 is 0 Å². The van der Waals surface area contributed by atoms with Gasteiger partial charge >= 0.3 is 0 Å². The SMILES string of the molecule is Cc1ccc(F)c(NC(C)c2ccc(F)cn2)c1F. The number of nitrogens with one attached hydrogen (secondary N) is 1. The summed E-state index contributed by atoms with van der Waals surface area (Å²) >= 11 is 0. The van der Waals surface area contributed by atoms with Gasteiger partial charge in [-0.1, -0.05) is 6.07 Å². The summed E-state index contributed by atoms with van der Waals surface area (Å²) in [5.41, 5.74) is 0.656. The first-order chi connectivity index (χ1) is 8.99. The van der Waals surface area contributed by atoms with Gasteiger partial charge in [0.25, 0.3) is 0 Å². The Labute approximate surface area is 109 Å². The molecule has 1 heterocycles. The second kappa shape index (κ2) is 5.30. The van der Waals surface area contributed by atoms with E-state index in [1.807, 2.05) is 0 Å². The van der Waals surface area contributed by atoms with E-state index in [1.165, 1.54) is 24.3 Å². The Kier molecular flexibility index (Phi) is 3.74. The average molecular weight is 266 g/mol. The number of aryl methyl sites for hydroxylation is 1. The van der Waals surface area contributed by atoms with Crippen LogP contribution in [-0.2, 0) is 0 Å². The first-order valence-electron chi connectivity index (χ1n) is 5.81. The highest BCUT2D eigenvalue weighted by Crippen LogP contribution is 2.25. The summed E-state index contributed by atoms with van der Waals surface area (Å²) in [5.74, 6) is -1.75. The molecule has 0 saturated heterocycles. The van der Waals surface area contributed by atoms with E-state index in [-0.39, 0.29) is 5.69 Å². The largest absolute Gasteiger partial charge is 0.372 e. The number of halogens is 3. The van der Waals surface area contributed by atoms with Gasteiger partial charge in [0.1, 0.15) is 17.3 Å². The lowest BCUT2D eigenvalue weighted by Gasteiger charge is -2.16. The fourth-order valence-corrected chi connectivity index (χ4v) is 1.72. The minimum Gasteiger partial charge on any atom is -0.372 e. The fraction of sp³-hybridized carbons (Fsp3) is 0.214. The summed E-state index contributed by atoms with van der Waals surface area (Å²) < 4.78 is 40.2. The molecule has 1 N–H and O–H groups in total. The maximum Gasteiger partial charge on any atom is 0.152 e. The van der Waals surface area contributed by atoms with Crippen molar-refractivity contribution in [1.29, 1.82) is 0 Å². The highest BCUT2D eigenvalue weighted by molar-refractivity contribution is 5.50. The van der Waals surface area contributed by atoms with Crippen molar-refractivity contribution in [2.24, 2.45) is 0 Å². The molecule has 1 unspecified atom stereocenters. The second-order valence-corrected chi connectivity index (χ2v) is 4.32. The van der Waals surface area contributed by atoms with Gasteiger partial charge in [-0.15, -0.1) is 0 Å². The lowest BCUT2D eigenvalue weighted by Crippen LogP contribution is -2.11. The summed E-state index contributed by atoms with van der Waals surface area (Å²) in [4.78, 5) is 3.87. The van der Waals surface area contributed by atoms with Crippen LogP contribution in [0.25, 0.3) is 0 Å². The molecule has 0 amide bonds. The number of pyridine rings is 1. The predicted molar refractivity (Wildman–Crippen MR) is 67.3 cm³/mol. The van der Waals surface area contributed by atoms with Crippen molar-refractivity contribution >= 4 is 5.69 Å². The van der Waals surface area contributed by atoms with Crippen LogP contribution in [0.5, 0.6) is 0 Å². The number of benzene rings is 1. The van der Waals surface area contributed by atoms with E-state index in [9.17, 15) is 13.2 Å². The number of hydrogen-bond acceptors (Lipinski definition) is 2. The molecular formula is C14H13F3N2. The van der Waals surface area contributed by atoms with Gasteiger partial charge in [-0.2, -0.15) is 0 Å². The highest BCUT2D eigenvalue weighted by atomic mass is 19.1. The highest BCUT2D eigenvalue weighted by Gasteiger charge is 2.15. The summed E-state index contributed by atoms with van der Waals surface area (Å²) in [6.07, 6.45) is 1.07. The molecule has 1 atom stereocenters. The second-order valence-electron chi connectivity index (χ2n) is 4.32. The summed E-state index contributed by atoms with van der Waals surface area (Å²) in [5, 5.41) is 2.72. The van der Waals surface area contributed by atoms with Crippen molar-refractivity contribution in [3.63, 3.8) is 0 Å². The third-order valence-corrected chi connectivity index (χ3v) is 2.84. The van der Waals surface area contributed by atoms with Crippen LogP contribution < -0.4 is 5.32 Å². The van der Waals surface area contributed by atoms with Crippen LogP contribution in [0.3, 0.4) is 0 Å². The van der Waals surface area contributed by atoms with Crippen molar-refractivity contribution in [2.75, 3.05) is 5.32 Å². The first-order valence-corrected chi connectivity index (χ1v) is 5.81. The monoisotopic (exact) mass is 266 g/mol. The van der Waals surface area contributed by atoms with Crippen molar-refractivity contribution in [2.45, 2.75) is 19.9 Å². The van der Waals surface area contributed by atoms with Crippen LogP contribution in [0.4, 0.5) is 18.9 Å². The smallest absolute Gasteiger partial charge is 0.152 e. The maximum atomic E-state index is 13.8. The van der Waals surface area contributed by atoms with Gasteiger partial charge in [0.05, 0.1) is 17.9 Å². The minimum atomic E-state index is -0.669. The topological polar surface area (TPSA) is 24.9 Å². The van der Waals surface area contributed by atoms with Crippen LogP contribution in [0.1, 0.15) is 24.2 Å². The molecule has 0 aliphatic heterocycles. The van der Waals surface area contributed by atoms with Gasteiger partial charge in [0.2, 0.25) is 0 Å². The maximum absolute atomic E-state index is 13.8. The van der Waals surface area contributed by atoms with Crippen LogP contribution in [-0.4, -0.2) is 4.98 Å². The van der Waals surface area contributed by atoms with Crippen molar-refractivity contribution in [1.82, 2.24) is 4.98 Å². The zero-order valence-electron chi connectivity index (χ0n) is 10.5. The molecule has 0 radical (unpaired) electrons. The lowest BCUT2D eigenvalue weighted by molar-refractivity contribution is 0.577. The van der Waals surface area contributed by atoms with Gasteiger partial charge < -0.3 is 5.32 Å². The number of nitrogens with zero attached hydrogens (tertiary/aromatic N) is 1. The lowest BCUT2D eigenvalue weighted by atomic mass is 10.1. The third kappa shape index (κ3) is 2.86. The first kappa shape index (κ1) is 13.4. The predicted octanol–water partition coefficient (Wildman–Crippen LogP) is 3.98. The molecule has 19 heavy (non-hydrogen) atoms. The van der Waals surface area contributed by atoms with Gasteiger partial charge in [0, 0.05) is 0 Å². The average Bonchev–Trinajstić information content (AvgIpc) is 2.40. The number of anilines is 1. The molecule has 2 rings (SSSR count). The van der Waals surface area contributed by atoms with Gasteiger partial charge in [-0.3, -0.25) is 4.98 Å². The standard InChI is InChI=1S/C14H13F3N2/c1-8-3-5-11(16)14(13(8)17)19-9(2)12-6-4-10(15)7-18-12/h3-7,9,19H,1-2H3. The fourth-order valence-electron chi connectivity index (χ4n) is 1.72. The van der Waals surface area contributed by atoms with Gasteiger partial charge in [-0.25, -0.2) is 13.2 Å². The Morgan fingerprint density at radius 2 is 1.84 bits per heavy atom. The van der Waals surface area contributed by atoms with Crippen LogP contribution in [0, 0.1) is 24.4 Å². The Morgan fingerprint density at radius 1 is 1.11 bits per heavy atom. The van der Waals surface area contributed by atoms with E-state index in [4.69, 9.17) is 0 Å². The summed E-state index contributed by atoms with van der Waals surface area (Å²) in [6.45, 7) is 3.25. The van der Waals surface area contributed by atoms with Crippen molar-refractivity contribution < 1.29 is 13.2 Å². The molecule has 0 aliphatic carbocycles. The zero-order valence-corrected chi connectivity index (χ0v) is 10.5. The molecular weight excluding hydrogens is 253 g/mol. The quantitative estimate of drug-likeness (QED) is 0.908. The Balaban J connectivity index is 2.26. The van der Waals surface area contributed by atoms with Crippen LogP contribution >= 0.6 is 0 Å². The molecule has 5 heteroatoms. The zero-order chi connectivity index (χ0) is 14.0. The molecule has 0 bridgehead atoms. The van der Waals surface area contributed by atoms with Gasteiger partial charge in [0.15, 0.2) is 5.82 Å². The van der Waals surface area contributed by atoms with E-state index in [0.29, 0.717) is 11.3 Å². The summed E-state index contributed by atoms with van der Waals surface area (Å²) in [7, 11) is 0. The Morgan fingerprint density at radius 3 is 2.47 bits per heavy atom. The number of hydrogen-bond donors (Lipinski definition) is 1. The molecule has 2 aromatic rings. The molecule has 0 aliphatic rings. The van der Waals surface area contributed by atoms with E-state index in [2.05, 4.69) is 10.3 Å². The van der Waals surface area contributed by atoms with E-state index < -0.39 is 23.5 Å². The number of aromatic nitrogens is 1. The molecule has 1 aromatic carbocycles.